The van der Waals surface area contributed by atoms with Gasteiger partial charge >= 0.3 is 0 Å². The third kappa shape index (κ3) is 3.46. The number of carbonyl (C=O) groups is 1. The van der Waals surface area contributed by atoms with Crippen molar-refractivity contribution in [2.45, 2.75) is 98.5 Å². The quantitative estimate of drug-likeness (QED) is 0.508. The van der Waals surface area contributed by atoms with E-state index in [0.717, 1.165) is 44.9 Å². The fourth-order valence-corrected chi connectivity index (χ4v) is 8.31. The number of carbonyl (C=O) groups excluding carboxylic acids is 1. The zero-order chi connectivity index (χ0) is 21.8. The highest BCUT2D eigenvalue weighted by Crippen LogP contribution is 2.66. The summed E-state index contributed by atoms with van der Waals surface area (Å²) in [4.78, 5) is 13.4. The predicted octanol–water partition coefficient (Wildman–Crippen LogP) is 6.73. The first-order valence-corrected chi connectivity index (χ1v) is 12.7. The fourth-order valence-electron chi connectivity index (χ4n) is 8.31. The lowest BCUT2D eigenvalue weighted by atomic mass is 9.47. The minimum atomic E-state index is -0.145. The molecular weight excluding hydrogens is 368 g/mol. The molecule has 0 aromatic carbocycles. The number of Topliss-reactive ketones (excluding diaryl/α,β-unsaturated/α-hetero) is 1. The second kappa shape index (κ2) is 7.91. The van der Waals surface area contributed by atoms with Gasteiger partial charge in [-0.25, -0.2) is 0 Å². The first-order valence-electron chi connectivity index (χ1n) is 12.7. The Kier molecular flexibility index (Phi) is 5.88. The molecule has 0 bridgehead atoms. The van der Waals surface area contributed by atoms with Gasteiger partial charge in [0.25, 0.3) is 0 Å². The molecule has 2 heteroatoms. The molecule has 4 aliphatic rings. The maximum Gasteiger partial charge on any atom is 0.137 e. The largest absolute Gasteiger partial charge is 0.393 e. The fraction of sp³-hybridized carbons (Fsp3) is 0.821. The van der Waals surface area contributed by atoms with Gasteiger partial charge in [-0.3, -0.25) is 4.79 Å². The van der Waals surface area contributed by atoms with Crippen LogP contribution in [0.25, 0.3) is 0 Å². The molecule has 0 aromatic heterocycles. The van der Waals surface area contributed by atoms with Crippen LogP contribution in [0.3, 0.4) is 0 Å². The van der Waals surface area contributed by atoms with Gasteiger partial charge in [-0.05, 0) is 91.8 Å². The Bertz CT molecular complexity index is 733. The van der Waals surface area contributed by atoms with E-state index in [2.05, 4.69) is 47.3 Å². The van der Waals surface area contributed by atoms with E-state index in [-0.39, 0.29) is 22.9 Å². The number of aliphatic hydroxyl groups is 1. The molecule has 0 amide bonds. The van der Waals surface area contributed by atoms with E-state index in [1.54, 1.807) is 0 Å². The smallest absolute Gasteiger partial charge is 0.137 e. The molecule has 0 unspecified atom stereocenters. The Labute approximate surface area is 184 Å². The van der Waals surface area contributed by atoms with Gasteiger partial charge in [0.1, 0.15) is 5.78 Å². The van der Waals surface area contributed by atoms with Gasteiger partial charge in [-0.2, -0.15) is 0 Å². The number of allylic oxidation sites excluding steroid dienone is 2. The summed E-state index contributed by atoms with van der Waals surface area (Å²) in [6.07, 6.45) is 11.8. The van der Waals surface area contributed by atoms with Crippen molar-refractivity contribution in [2.24, 2.45) is 46.3 Å². The molecule has 2 nitrogen and oxygen atoms in total. The normalized spacial score (nSPS) is 44.2. The summed E-state index contributed by atoms with van der Waals surface area (Å²) in [5.41, 5.74) is 3.28. The summed E-state index contributed by atoms with van der Waals surface area (Å²) < 4.78 is 0. The molecule has 0 radical (unpaired) electrons. The molecule has 3 saturated carbocycles. The lowest BCUT2D eigenvalue weighted by Gasteiger charge is -2.58. The van der Waals surface area contributed by atoms with Crippen LogP contribution in [0.1, 0.15) is 92.4 Å². The highest BCUT2D eigenvalue weighted by atomic mass is 16.3. The second-order valence-electron chi connectivity index (χ2n) is 12.2. The van der Waals surface area contributed by atoms with Gasteiger partial charge in [0.05, 0.1) is 6.10 Å². The molecule has 0 spiro atoms. The van der Waals surface area contributed by atoms with Gasteiger partial charge in [0, 0.05) is 12.3 Å². The molecule has 4 rings (SSSR count). The molecule has 8 atom stereocenters. The average Bonchev–Trinajstić information content (AvgIpc) is 2.96. The van der Waals surface area contributed by atoms with Crippen molar-refractivity contribution in [3.05, 3.63) is 23.8 Å². The van der Waals surface area contributed by atoms with Crippen LogP contribution in [0.5, 0.6) is 0 Å². The highest BCUT2D eigenvalue weighted by molar-refractivity contribution is 5.85. The lowest BCUT2D eigenvalue weighted by molar-refractivity contribution is -0.124. The first-order chi connectivity index (χ1) is 14.1. The molecule has 1 N–H and O–H groups in total. The average molecular weight is 413 g/mol. The standard InChI is InChI=1S/C28H44O2/c1-17(2)18(3)7-8-19(4)26-25(30)16-24-22-10-9-20-15-21(29)11-13-27(20,5)23(22)12-14-28(24,26)6/h9,17,19,21-24,26,29H,3,7-8,10-16H2,1-2,4-6H3/t19-,21+,22-,23+,24+,26+,27+,28+/m1/s1. The van der Waals surface area contributed by atoms with Crippen molar-refractivity contribution in [1.29, 1.82) is 0 Å². The Morgan fingerprint density at radius 3 is 2.60 bits per heavy atom. The van der Waals surface area contributed by atoms with Gasteiger partial charge < -0.3 is 5.11 Å². The summed E-state index contributed by atoms with van der Waals surface area (Å²) in [6, 6.07) is 0. The van der Waals surface area contributed by atoms with Crippen LogP contribution >= 0.6 is 0 Å². The Morgan fingerprint density at radius 1 is 1.17 bits per heavy atom. The summed E-state index contributed by atoms with van der Waals surface area (Å²) in [6.45, 7) is 16.0. The molecular formula is C28H44O2. The van der Waals surface area contributed by atoms with E-state index in [0.29, 0.717) is 35.4 Å². The van der Waals surface area contributed by atoms with E-state index >= 15 is 0 Å². The number of fused-ring (bicyclic) bond motifs is 5. The number of aliphatic hydroxyl groups excluding tert-OH is 1. The molecule has 0 aromatic rings. The maximum absolute atomic E-state index is 13.4. The molecule has 0 saturated heterocycles. The third-order valence-corrected chi connectivity index (χ3v) is 10.3. The Balaban J connectivity index is 1.54. The van der Waals surface area contributed by atoms with Gasteiger partial charge in [-0.15, -0.1) is 0 Å². The third-order valence-electron chi connectivity index (χ3n) is 10.3. The van der Waals surface area contributed by atoms with Crippen LogP contribution < -0.4 is 0 Å². The summed E-state index contributed by atoms with van der Waals surface area (Å²) in [5.74, 6) is 3.67. The van der Waals surface area contributed by atoms with Gasteiger partial charge in [-0.1, -0.05) is 58.4 Å². The molecule has 30 heavy (non-hydrogen) atoms. The van der Waals surface area contributed by atoms with Crippen LogP contribution in [-0.4, -0.2) is 17.0 Å². The number of hydrogen-bond donors (Lipinski definition) is 1. The SMILES string of the molecule is C=C(CC[C@@H](C)[C@H]1C(=O)C[C@H]2[C@@H]3CC=C4C[C@@H](O)CC[C@]4(C)[C@H]3CC[C@]12C)C(C)C. The van der Waals surface area contributed by atoms with E-state index in [9.17, 15) is 9.90 Å². The van der Waals surface area contributed by atoms with Crippen LogP contribution in [0.15, 0.2) is 23.8 Å². The van der Waals surface area contributed by atoms with Gasteiger partial charge in [0.15, 0.2) is 0 Å². The van der Waals surface area contributed by atoms with E-state index < -0.39 is 0 Å². The van der Waals surface area contributed by atoms with Crippen molar-refractivity contribution in [3.63, 3.8) is 0 Å². The van der Waals surface area contributed by atoms with Crippen molar-refractivity contribution in [3.8, 4) is 0 Å². The van der Waals surface area contributed by atoms with Crippen LogP contribution in [-0.2, 0) is 4.79 Å². The minimum Gasteiger partial charge on any atom is -0.393 e. The van der Waals surface area contributed by atoms with Crippen molar-refractivity contribution in [2.75, 3.05) is 0 Å². The van der Waals surface area contributed by atoms with E-state index in [1.165, 1.54) is 24.0 Å². The predicted molar refractivity (Wildman–Crippen MR) is 124 cm³/mol. The lowest BCUT2D eigenvalue weighted by Crippen LogP contribution is -2.51. The Hall–Kier alpha value is -0.890. The number of rotatable bonds is 5. The van der Waals surface area contributed by atoms with E-state index in [4.69, 9.17) is 0 Å². The monoisotopic (exact) mass is 412 g/mol. The number of ketones is 1. The number of hydrogen-bond acceptors (Lipinski definition) is 2. The van der Waals surface area contributed by atoms with Crippen molar-refractivity contribution < 1.29 is 9.90 Å². The van der Waals surface area contributed by atoms with Crippen LogP contribution in [0.2, 0.25) is 0 Å². The molecule has 0 heterocycles. The van der Waals surface area contributed by atoms with E-state index in [1.807, 2.05) is 0 Å². The Morgan fingerprint density at radius 2 is 1.90 bits per heavy atom. The first kappa shape index (κ1) is 22.3. The maximum atomic E-state index is 13.4. The zero-order valence-corrected chi connectivity index (χ0v) is 20.0. The molecule has 0 aliphatic heterocycles. The molecule has 4 aliphatic carbocycles. The second-order valence-corrected chi connectivity index (χ2v) is 12.2. The topological polar surface area (TPSA) is 37.3 Å². The zero-order valence-electron chi connectivity index (χ0n) is 20.0. The van der Waals surface area contributed by atoms with Crippen LogP contribution in [0, 0.1) is 46.3 Å². The summed E-state index contributed by atoms with van der Waals surface area (Å²) in [5, 5.41) is 10.2. The minimum absolute atomic E-state index is 0.145. The summed E-state index contributed by atoms with van der Waals surface area (Å²) >= 11 is 0. The van der Waals surface area contributed by atoms with Crippen molar-refractivity contribution >= 4 is 5.78 Å². The molecule has 3 fully saturated rings. The van der Waals surface area contributed by atoms with Crippen LogP contribution in [0.4, 0.5) is 0 Å². The van der Waals surface area contributed by atoms with Crippen molar-refractivity contribution in [1.82, 2.24) is 0 Å². The van der Waals surface area contributed by atoms with Gasteiger partial charge in [0.2, 0.25) is 0 Å². The summed E-state index contributed by atoms with van der Waals surface area (Å²) in [7, 11) is 0. The molecule has 168 valence electrons. The highest BCUT2D eigenvalue weighted by Gasteiger charge is 2.61.